The molecule has 0 aliphatic carbocycles. The molecule has 0 saturated heterocycles. The van der Waals surface area contributed by atoms with Gasteiger partial charge in [-0.05, 0) is 0 Å². The van der Waals surface area contributed by atoms with E-state index in [9.17, 15) is 8.42 Å². The Morgan fingerprint density at radius 1 is 1.62 bits per heavy atom. The van der Waals surface area contributed by atoms with E-state index in [-0.39, 0.29) is 52.9 Å². The van der Waals surface area contributed by atoms with Gasteiger partial charge in [0.05, 0.1) is 5.75 Å². The predicted molar refractivity (Wildman–Crippen MR) is 33.4 cm³/mol. The molecule has 8 heavy (non-hydrogen) atoms. The maximum Gasteiger partial charge on any atom is 2.00 e. The van der Waals surface area contributed by atoms with Gasteiger partial charge in [0.15, 0.2) is 0 Å². The molecule has 0 rings (SSSR count). The Bertz CT molecular complexity index is 137. The average molecular weight is 167 g/mol. The van der Waals surface area contributed by atoms with Crippen molar-refractivity contribution < 1.29 is 15.8 Å². The van der Waals surface area contributed by atoms with E-state index in [0.717, 1.165) is 0 Å². The molecule has 0 radical (unpaired) electrons. The van der Waals surface area contributed by atoms with Gasteiger partial charge in [0.2, 0.25) is 0 Å². The zero-order valence-corrected chi connectivity index (χ0v) is 7.40. The molecule has 0 aliphatic rings. The summed E-state index contributed by atoms with van der Waals surface area (Å²) in [6, 6.07) is 0. The van der Waals surface area contributed by atoms with E-state index in [1.807, 2.05) is 0 Å². The van der Waals surface area contributed by atoms with Crippen molar-refractivity contribution in [3.63, 3.8) is 0 Å². The molecule has 3 N–H and O–H groups in total. The fourth-order valence-corrected chi connectivity index (χ4v) is 0.447. The van der Waals surface area contributed by atoms with E-state index in [0.29, 0.717) is 0 Å². The van der Waals surface area contributed by atoms with Crippen LogP contribution in [0.3, 0.4) is 0 Å². The second-order valence-electron chi connectivity index (χ2n) is 1.07. The molecule has 0 aliphatic heterocycles. The number of hydrogen-bond donors (Lipinski definition) is 2. The molecule has 0 saturated carbocycles. The van der Waals surface area contributed by atoms with Crippen LogP contribution in [0.25, 0.3) is 0 Å². The first-order chi connectivity index (χ1) is 3.06. The van der Waals surface area contributed by atoms with Crippen LogP contribution in [0.15, 0.2) is 0 Å². The fraction of sp³-hybridized carbons (Fsp3) is 1.00. The molecule has 48 valence electrons. The molecule has 0 aromatic rings. The Balaban J connectivity index is -0.0000000600. The number of nitrogens with two attached hydrogens (primary N) is 1. The maximum absolute atomic E-state index is 9.71. The maximum atomic E-state index is 9.71. The summed E-state index contributed by atoms with van der Waals surface area (Å²) < 4.78 is 27.3. The van der Waals surface area contributed by atoms with Gasteiger partial charge >= 0.3 is 37.7 Å². The first-order valence-electron chi connectivity index (χ1n) is 1.71. The number of hydrogen-bond acceptors (Lipinski definition) is 3. The zero-order chi connectivity index (χ0) is 5.91. The monoisotopic (exact) mass is 167 g/mol. The minimum absolute atomic E-state index is 0. The van der Waals surface area contributed by atoms with Crippen molar-refractivity contribution >= 4 is 47.9 Å². The molecular formula is C2H9CaNO3S. The van der Waals surface area contributed by atoms with E-state index in [4.69, 9.17) is 10.3 Å². The summed E-state index contributed by atoms with van der Waals surface area (Å²) in [4.78, 5) is 0. The fourth-order valence-electron chi connectivity index (χ4n) is 0.149. The van der Waals surface area contributed by atoms with Gasteiger partial charge < -0.3 is 8.59 Å². The molecule has 0 atom stereocenters. The van der Waals surface area contributed by atoms with Crippen LogP contribution in [0.1, 0.15) is 2.85 Å². The summed E-state index contributed by atoms with van der Waals surface area (Å²) in [7, 11) is -3.80. The average Bonchev–Trinajstić information content (AvgIpc) is 1.30. The molecule has 0 fully saturated rings. The van der Waals surface area contributed by atoms with Gasteiger partial charge in [-0.3, -0.25) is 4.55 Å². The van der Waals surface area contributed by atoms with E-state index in [1.165, 1.54) is 0 Å². The van der Waals surface area contributed by atoms with E-state index in [2.05, 4.69) is 0 Å². The van der Waals surface area contributed by atoms with Gasteiger partial charge in [-0.1, -0.05) is 0 Å². The van der Waals surface area contributed by atoms with Crippen LogP contribution in [0.2, 0.25) is 0 Å². The summed E-state index contributed by atoms with van der Waals surface area (Å²) in [5, 5.41) is 0. The molecule has 4 nitrogen and oxygen atoms in total. The van der Waals surface area contributed by atoms with Crippen molar-refractivity contribution in [1.29, 1.82) is 0 Å². The molecule has 0 heterocycles. The van der Waals surface area contributed by atoms with Crippen molar-refractivity contribution in [1.82, 2.24) is 0 Å². The van der Waals surface area contributed by atoms with Crippen LogP contribution in [-0.4, -0.2) is 63.0 Å². The Morgan fingerprint density at radius 2 is 2.00 bits per heavy atom. The summed E-state index contributed by atoms with van der Waals surface area (Å²) in [6.45, 7) is -0.0289. The first-order valence-corrected chi connectivity index (χ1v) is 3.32. The van der Waals surface area contributed by atoms with E-state index in [1.54, 1.807) is 0 Å². The standard InChI is InChI=1S/C2H7NO3S.Ca.2H/c3-1-2-7(4,5)6;;;/h1-3H2,(H,4,5,6);;;/q;+2;2*-1. The second kappa shape index (κ2) is 4.96. The van der Waals surface area contributed by atoms with Gasteiger partial charge in [-0.15, -0.1) is 0 Å². The summed E-state index contributed by atoms with van der Waals surface area (Å²) in [5.74, 6) is -0.354. The van der Waals surface area contributed by atoms with Crippen molar-refractivity contribution in [2.75, 3.05) is 12.3 Å². The van der Waals surface area contributed by atoms with Crippen LogP contribution >= 0.6 is 0 Å². The minimum atomic E-state index is -3.80. The Morgan fingerprint density at radius 3 is 2.00 bits per heavy atom. The molecule has 0 aromatic heterocycles. The summed E-state index contributed by atoms with van der Waals surface area (Å²) in [5.41, 5.74) is 4.78. The topological polar surface area (TPSA) is 80.4 Å². The van der Waals surface area contributed by atoms with Crippen molar-refractivity contribution in [2.45, 2.75) is 0 Å². The van der Waals surface area contributed by atoms with Crippen LogP contribution in [-0.2, 0) is 10.1 Å². The van der Waals surface area contributed by atoms with Crippen molar-refractivity contribution in [3.8, 4) is 0 Å². The van der Waals surface area contributed by atoms with Gasteiger partial charge in [-0.25, -0.2) is 0 Å². The van der Waals surface area contributed by atoms with Crippen molar-refractivity contribution in [2.24, 2.45) is 5.73 Å². The van der Waals surface area contributed by atoms with Gasteiger partial charge in [0.25, 0.3) is 10.1 Å². The molecular weight excluding hydrogens is 158 g/mol. The Kier molecular flexibility index (Phi) is 7.36. The Hall–Kier alpha value is 1.13. The van der Waals surface area contributed by atoms with E-state index < -0.39 is 10.1 Å². The molecule has 0 aromatic carbocycles. The van der Waals surface area contributed by atoms with Crippen LogP contribution in [0.5, 0.6) is 0 Å². The third kappa shape index (κ3) is 10.2. The smallest absolute Gasteiger partial charge is 1.00 e. The quantitative estimate of drug-likeness (QED) is 0.395. The van der Waals surface area contributed by atoms with Crippen LogP contribution in [0.4, 0.5) is 0 Å². The SMILES string of the molecule is NCCS(=O)(=O)O.[Ca+2].[H-].[H-]. The normalized spacial score (nSPS) is 10.2. The number of rotatable bonds is 2. The minimum Gasteiger partial charge on any atom is -1.00 e. The van der Waals surface area contributed by atoms with Gasteiger partial charge in [0.1, 0.15) is 0 Å². The van der Waals surface area contributed by atoms with Crippen LogP contribution < -0.4 is 5.73 Å². The first kappa shape index (κ1) is 11.9. The van der Waals surface area contributed by atoms with Gasteiger partial charge in [0, 0.05) is 6.54 Å². The molecule has 6 heteroatoms. The molecule has 0 unspecified atom stereocenters. The Labute approximate surface area is 81.2 Å². The molecule has 0 spiro atoms. The largest absolute Gasteiger partial charge is 2.00 e. The summed E-state index contributed by atoms with van der Waals surface area (Å²) >= 11 is 0. The summed E-state index contributed by atoms with van der Waals surface area (Å²) in [6.07, 6.45) is 0. The third-order valence-electron chi connectivity index (χ3n) is 0.376. The zero-order valence-electron chi connectivity index (χ0n) is 6.37. The second-order valence-corrected chi connectivity index (χ2v) is 2.65. The predicted octanol–water partition coefficient (Wildman–Crippen LogP) is -1.32. The molecule has 0 bridgehead atoms. The molecule has 0 amide bonds. The van der Waals surface area contributed by atoms with Crippen LogP contribution in [0, 0.1) is 0 Å². The van der Waals surface area contributed by atoms with Gasteiger partial charge in [-0.2, -0.15) is 8.42 Å². The van der Waals surface area contributed by atoms with E-state index >= 15 is 0 Å². The van der Waals surface area contributed by atoms with Crippen molar-refractivity contribution in [3.05, 3.63) is 0 Å². The third-order valence-corrected chi connectivity index (χ3v) is 1.13.